The number of hydrogen-bond acceptors (Lipinski definition) is 5. The smallest absolute Gasteiger partial charge is 0.268 e. The molecule has 0 saturated carbocycles. The second kappa shape index (κ2) is 11.3. The Kier molecular flexibility index (Phi) is 9.16. The average Bonchev–Trinajstić information content (AvgIpc) is 3.30. The Morgan fingerprint density at radius 2 is 2.10 bits per heavy atom. The largest absolute Gasteiger partial charge is 0.488 e. The number of rotatable bonds is 10. The van der Waals surface area contributed by atoms with Crippen LogP contribution in [0, 0.1) is 0 Å². The second-order valence-electron chi connectivity index (χ2n) is 6.47. The number of nitrogens with zero attached hydrogens (tertiary/aromatic N) is 2. The van der Waals surface area contributed by atoms with Crippen molar-refractivity contribution < 1.29 is 14.6 Å². The number of carbonyl (C=O) groups excluding carboxylic acids is 1. The molecule has 3 N–H and O–H groups in total. The molecule has 2 aromatic heterocycles. The van der Waals surface area contributed by atoms with E-state index in [1.165, 1.54) is 6.33 Å². The Morgan fingerprint density at radius 1 is 1.31 bits per heavy atom. The average molecular weight is 501 g/mol. The summed E-state index contributed by atoms with van der Waals surface area (Å²) in [6.45, 7) is 0.921. The molecule has 0 aliphatic rings. The predicted molar refractivity (Wildman–Crippen MR) is 120 cm³/mol. The van der Waals surface area contributed by atoms with Crippen molar-refractivity contribution in [3.05, 3.63) is 68.8 Å². The molecule has 3 rings (SSSR count). The van der Waals surface area contributed by atoms with E-state index in [1.807, 2.05) is 30.3 Å². The number of aromatic nitrogens is 2. The van der Waals surface area contributed by atoms with E-state index >= 15 is 0 Å². The van der Waals surface area contributed by atoms with Crippen molar-refractivity contribution in [3.63, 3.8) is 0 Å². The molecule has 0 aliphatic heterocycles. The highest BCUT2D eigenvalue weighted by Crippen LogP contribution is 2.26. The molecule has 0 aliphatic carbocycles. The van der Waals surface area contributed by atoms with Crippen molar-refractivity contribution >= 4 is 45.6 Å². The fourth-order valence-corrected chi connectivity index (χ4v) is 4.28. The number of hydrogen-bond donors (Lipinski definition) is 2. The summed E-state index contributed by atoms with van der Waals surface area (Å²) in [6, 6.07) is 12.1. The van der Waals surface area contributed by atoms with E-state index in [2.05, 4.69) is 27.0 Å². The number of aliphatic hydroxyl groups excluding tert-OH is 1. The molecule has 1 aromatic carbocycles. The number of aryl methyl sites for hydroxylation is 1. The van der Waals surface area contributed by atoms with Crippen LogP contribution < -0.4 is 10.5 Å². The van der Waals surface area contributed by atoms with Crippen molar-refractivity contribution in [1.29, 1.82) is 0 Å². The van der Waals surface area contributed by atoms with Crippen LogP contribution in [0.3, 0.4) is 0 Å². The maximum atomic E-state index is 11.1. The Balaban J connectivity index is 0.00000300. The number of ether oxygens (including phenoxy) is 1. The summed E-state index contributed by atoms with van der Waals surface area (Å²) in [5, 5.41) is 10.3. The summed E-state index contributed by atoms with van der Waals surface area (Å²) in [6.07, 6.45) is 4.82. The minimum absolute atomic E-state index is 0. The SMILES string of the molecule is Cl.NC(=O)c1cn(CC(O)CCCc2ccccc2OCc2ccc(Br)s2)cn1. The quantitative estimate of drug-likeness (QED) is 0.437. The second-order valence-corrected chi connectivity index (χ2v) is 9.02. The molecule has 3 aromatic rings. The van der Waals surface area contributed by atoms with Gasteiger partial charge in [0.05, 0.1) is 16.2 Å². The zero-order valence-corrected chi connectivity index (χ0v) is 18.9. The third-order valence-corrected chi connectivity index (χ3v) is 5.86. The van der Waals surface area contributed by atoms with E-state index in [0.717, 1.165) is 32.8 Å². The van der Waals surface area contributed by atoms with Crippen LogP contribution in [0.15, 0.2) is 52.7 Å². The van der Waals surface area contributed by atoms with Crippen molar-refractivity contribution in [2.75, 3.05) is 0 Å². The third-order valence-electron chi connectivity index (χ3n) is 4.26. The van der Waals surface area contributed by atoms with Crippen molar-refractivity contribution in [2.45, 2.75) is 38.5 Å². The van der Waals surface area contributed by atoms with Crippen LogP contribution in [0.5, 0.6) is 5.75 Å². The van der Waals surface area contributed by atoms with Crippen LogP contribution >= 0.6 is 39.7 Å². The highest BCUT2D eigenvalue weighted by Gasteiger charge is 2.10. The van der Waals surface area contributed by atoms with Gasteiger partial charge in [-0.1, -0.05) is 18.2 Å². The lowest BCUT2D eigenvalue weighted by molar-refractivity contribution is 0.0995. The number of benzene rings is 1. The van der Waals surface area contributed by atoms with Gasteiger partial charge in [0.25, 0.3) is 5.91 Å². The van der Waals surface area contributed by atoms with E-state index in [4.69, 9.17) is 10.5 Å². The molecule has 156 valence electrons. The molecule has 1 atom stereocenters. The van der Waals surface area contributed by atoms with Gasteiger partial charge in [-0.15, -0.1) is 23.7 Å². The minimum Gasteiger partial charge on any atom is -0.488 e. The first kappa shape index (κ1) is 23.4. The molecule has 0 saturated heterocycles. The molecule has 6 nitrogen and oxygen atoms in total. The molecule has 2 heterocycles. The number of aliphatic hydroxyl groups is 1. The van der Waals surface area contributed by atoms with E-state index in [1.54, 1.807) is 22.1 Å². The monoisotopic (exact) mass is 499 g/mol. The third kappa shape index (κ3) is 7.15. The van der Waals surface area contributed by atoms with Crippen LogP contribution in [0.4, 0.5) is 0 Å². The van der Waals surface area contributed by atoms with Crippen LogP contribution in [0.2, 0.25) is 0 Å². The zero-order chi connectivity index (χ0) is 19.9. The fourth-order valence-electron chi connectivity index (χ4n) is 2.88. The van der Waals surface area contributed by atoms with E-state index < -0.39 is 12.0 Å². The normalized spacial score (nSPS) is 11.7. The molecule has 0 fully saturated rings. The lowest BCUT2D eigenvalue weighted by atomic mass is 10.0. The standard InChI is InChI=1S/C20H22BrN3O3S.ClH/c21-19-9-8-16(28-19)12-27-18-7-2-1-4-14(18)5-3-6-15(25)10-24-11-17(20(22)26)23-13-24;/h1-2,4,7-9,11,13,15,25H,3,5-6,10,12H2,(H2,22,26);1H. The molecular weight excluding hydrogens is 478 g/mol. The van der Waals surface area contributed by atoms with Crippen molar-refractivity contribution in [2.24, 2.45) is 5.73 Å². The summed E-state index contributed by atoms with van der Waals surface area (Å²) < 4.78 is 8.76. The number of para-hydroxylation sites is 1. The van der Waals surface area contributed by atoms with Gasteiger partial charge in [-0.2, -0.15) is 0 Å². The van der Waals surface area contributed by atoms with E-state index in [-0.39, 0.29) is 18.1 Å². The summed E-state index contributed by atoms with van der Waals surface area (Å²) >= 11 is 5.12. The first-order chi connectivity index (χ1) is 13.5. The lowest BCUT2D eigenvalue weighted by Crippen LogP contribution is -2.15. The van der Waals surface area contributed by atoms with Crippen molar-refractivity contribution in [3.8, 4) is 5.75 Å². The van der Waals surface area contributed by atoms with Gasteiger partial charge in [0, 0.05) is 17.6 Å². The van der Waals surface area contributed by atoms with Crippen LogP contribution in [-0.2, 0) is 19.6 Å². The van der Waals surface area contributed by atoms with Gasteiger partial charge >= 0.3 is 0 Å². The summed E-state index contributed by atoms with van der Waals surface area (Å²) in [7, 11) is 0. The van der Waals surface area contributed by atoms with Gasteiger partial charge < -0.3 is 20.1 Å². The lowest BCUT2D eigenvalue weighted by Gasteiger charge is -2.13. The van der Waals surface area contributed by atoms with E-state index in [9.17, 15) is 9.90 Å². The van der Waals surface area contributed by atoms with Gasteiger partial charge in [-0.3, -0.25) is 4.79 Å². The molecule has 1 unspecified atom stereocenters. The molecule has 9 heteroatoms. The summed E-state index contributed by atoms with van der Waals surface area (Å²) in [5.74, 6) is 0.307. The zero-order valence-electron chi connectivity index (χ0n) is 15.7. The van der Waals surface area contributed by atoms with Gasteiger partial charge in [0.15, 0.2) is 0 Å². The topological polar surface area (TPSA) is 90.4 Å². The van der Waals surface area contributed by atoms with Crippen LogP contribution in [0.25, 0.3) is 0 Å². The van der Waals surface area contributed by atoms with Crippen LogP contribution in [-0.4, -0.2) is 26.7 Å². The van der Waals surface area contributed by atoms with Crippen LogP contribution in [0.1, 0.15) is 33.8 Å². The number of halogens is 2. The Hall–Kier alpha value is -1.87. The molecule has 0 bridgehead atoms. The number of primary amides is 1. The van der Waals surface area contributed by atoms with Gasteiger partial charge in [0.2, 0.25) is 0 Å². The van der Waals surface area contributed by atoms with Gasteiger partial charge in [0.1, 0.15) is 18.1 Å². The highest BCUT2D eigenvalue weighted by molar-refractivity contribution is 9.11. The first-order valence-electron chi connectivity index (χ1n) is 8.96. The Bertz CT molecular complexity index is 931. The van der Waals surface area contributed by atoms with Gasteiger partial charge in [-0.25, -0.2) is 4.98 Å². The maximum absolute atomic E-state index is 11.1. The number of imidazole rings is 1. The molecule has 1 amide bonds. The predicted octanol–water partition coefficient (Wildman–Crippen LogP) is 4.19. The first-order valence-corrected chi connectivity index (χ1v) is 10.6. The molecule has 0 radical (unpaired) electrons. The summed E-state index contributed by atoms with van der Waals surface area (Å²) in [5.41, 5.74) is 6.52. The molecular formula is C20H23BrClN3O3S. The Labute approximate surface area is 188 Å². The number of amides is 1. The Morgan fingerprint density at radius 3 is 2.79 bits per heavy atom. The van der Waals surface area contributed by atoms with Gasteiger partial charge in [-0.05, 0) is 59.0 Å². The van der Waals surface area contributed by atoms with Crippen molar-refractivity contribution in [1.82, 2.24) is 9.55 Å². The fraction of sp³-hybridized carbons (Fsp3) is 0.300. The molecule has 29 heavy (non-hydrogen) atoms. The van der Waals surface area contributed by atoms with E-state index in [0.29, 0.717) is 19.6 Å². The molecule has 0 spiro atoms. The number of carbonyl (C=O) groups is 1. The number of nitrogens with two attached hydrogens (primary N) is 1. The maximum Gasteiger partial charge on any atom is 0.268 e. The summed E-state index contributed by atoms with van der Waals surface area (Å²) in [4.78, 5) is 16.2. The number of thiophene rings is 1. The minimum atomic E-state index is -0.570. The highest BCUT2D eigenvalue weighted by atomic mass is 79.9.